The van der Waals surface area contributed by atoms with E-state index in [-0.39, 0.29) is 31.3 Å². The molecule has 0 unspecified atom stereocenters. The van der Waals surface area contributed by atoms with Gasteiger partial charge in [-0.3, -0.25) is 9.78 Å². The maximum absolute atomic E-state index is 10.8. The molecule has 0 N–H and O–H groups in total. The standard InChI is InChI=1S/C30H26NO.C11H19NO.Ir/c1-18(2)16-19-12-14-24-20(17-19)13-15-25(31-24)21-9-7-10-23-27(21)30(3,4)28-22-8-5-6-11-26(22)32-29(23)28;1-9(8-10(2)13)12-11-6-4-3-5-7-11;/h5-8,10-15,17-18H,16H2,1-4H3;8,11H,3-7H2,1-2H3,(H,12,13);/q-1;;/p-1. The minimum Gasteiger partial charge on any atom is -0.685 e. The Kier molecular flexibility index (Phi) is 10.3. The Labute approximate surface area is 287 Å². The van der Waals surface area contributed by atoms with Gasteiger partial charge in [0.05, 0.1) is 5.52 Å². The average molecular weight is 789 g/mol. The quantitative estimate of drug-likeness (QED) is 0.127. The fourth-order valence-corrected chi connectivity index (χ4v) is 7.26. The van der Waals surface area contributed by atoms with Crippen molar-refractivity contribution >= 4 is 27.7 Å². The van der Waals surface area contributed by atoms with Crippen molar-refractivity contribution in [2.24, 2.45) is 5.92 Å². The van der Waals surface area contributed by atoms with Crippen LogP contribution >= 0.6 is 0 Å². The first-order valence-corrected chi connectivity index (χ1v) is 16.5. The monoisotopic (exact) mass is 789 g/mol. The second-order valence-corrected chi connectivity index (χ2v) is 13.7. The number of para-hydroxylation sites is 1. The molecule has 0 atom stereocenters. The maximum atomic E-state index is 10.8. The summed E-state index contributed by atoms with van der Waals surface area (Å²) in [6.45, 7) is 12.6. The van der Waals surface area contributed by atoms with Crippen molar-refractivity contribution in [1.29, 1.82) is 0 Å². The molecule has 46 heavy (non-hydrogen) atoms. The van der Waals surface area contributed by atoms with Crippen molar-refractivity contribution in [2.45, 2.75) is 91.5 Å². The van der Waals surface area contributed by atoms with E-state index in [0.29, 0.717) is 12.0 Å². The zero-order valence-electron chi connectivity index (χ0n) is 27.9. The summed E-state index contributed by atoms with van der Waals surface area (Å²) >= 11 is 0. The summed E-state index contributed by atoms with van der Waals surface area (Å²) in [5.74, 6) is 1.72. The van der Waals surface area contributed by atoms with Gasteiger partial charge in [-0.25, -0.2) is 0 Å². The molecule has 4 nitrogen and oxygen atoms in total. The van der Waals surface area contributed by atoms with Gasteiger partial charge in [-0.1, -0.05) is 109 Å². The van der Waals surface area contributed by atoms with E-state index in [1.54, 1.807) is 13.0 Å². The SMILES string of the molecule is CC(=O)/C=C(/C)[N-]C1CCCCC1.CC(C)Cc1ccc2nc(-c3[c-]ccc4c3C(C)(C)c3c-4oc4ccccc34)ccc2c1.[Ir]. The van der Waals surface area contributed by atoms with E-state index in [1.165, 1.54) is 59.6 Å². The predicted octanol–water partition coefficient (Wildman–Crippen LogP) is 11.1. The summed E-state index contributed by atoms with van der Waals surface area (Å²) in [5, 5.41) is 6.90. The van der Waals surface area contributed by atoms with Gasteiger partial charge in [0, 0.05) is 31.1 Å². The van der Waals surface area contributed by atoms with E-state index in [9.17, 15) is 4.79 Å². The number of hydrogen-bond donors (Lipinski definition) is 0. The summed E-state index contributed by atoms with van der Waals surface area (Å²) in [5.41, 5.74) is 9.75. The van der Waals surface area contributed by atoms with Crippen molar-refractivity contribution in [1.82, 2.24) is 4.98 Å². The summed E-state index contributed by atoms with van der Waals surface area (Å²) in [6.07, 6.45) is 9.04. The van der Waals surface area contributed by atoms with Crippen LogP contribution in [-0.4, -0.2) is 16.8 Å². The van der Waals surface area contributed by atoms with Gasteiger partial charge < -0.3 is 9.73 Å². The van der Waals surface area contributed by atoms with Crippen molar-refractivity contribution in [2.75, 3.05) is 0 Å². The Morgan fingerprint density at radius 1 is 1.02 bits per heavy atom. The molecule has 0 aliphatic heterocycles. The molecule has 2 heterocycles. The van der Waals surface area contributed by atoms with Crippen molar-refractivity contribution < 1.29 is 29.3 Å². The number of carbonyl (C=O) groups is 1. The molecule has 1 radical (unpaired) electrons. The van der Waals surface area contributed by atoms with Crippen LogP contribution in [0.3, 0.4) is 0 Å². The summed E-state index contributed by atoms with van der Waals surface area (Å²) in [6, 6.07) is 27.4. The number of allylic oxidation sites excluding steroid dienone is 2. The molecule has 0 amide bonds. The molecule has 5 heteroatoms. The third kappa shape index (κ3) is 6.92. The largest absolute Gasteiger partial charge is 0.685 e. The van der Waals surface area contributed by atoms with Crippen LogP contribution in [-0.2, 0) is 36.7 Å². The first-order chi connectivity index (χ1) is 21.6. The second-order valence-electron chi connectivity index (χ2n) is 13.7. The van der Waals surface area contributed by atoms with Crippen LogP contribution in [0.15, 0.2) is 82.9 Å². The van der Waals surface area contributed by atoms with Crippen LogP contribution in [0.25, 0.3) is 49.8 Å². The van der Waals surface area contributed by atoms with Gasteiger partial charge in [0.1, 0.15) is 11.3 Å². The first-order valence-electron chi connectivity index (χ1n) is 16.5. The Balaban J connectivity index is 0.000000253. The maximum Gasteiger partial charge on any atom is 0.151 e. The number of carbonyl (C=O) groups excluding carboxylic acids is 1. The van der Waals surface area contributed by atoms with Gasteiger partial charge in [-0.05, 0) is 65.6 Å². The predicted molar refractivity (Wildman–Crippen MR) is 187 cm³/mol. The molecular weight excluding hydrogens is 745 g/mol. The molecule has 0 spiro atoms. The molecule has 7 rings (SSSR count). The molecule has 1 fully saturated rings. The number of ketones is 1. The number of pyridine rings is 1. The van der Waals surface area contributed by atoms with Crippen molar-refractivity contribution in [3.05, 3.63) is 107 Å². The summed E-state index contributed by atoms with van der Waals surface area (Å²) < 4.78 is 6.34. The fourth-order valence-electron chi connectivity index (χ4n) is 7.26. The smallest absolute Gasteiger partial charge is 0.151 e. The molecule has 5 aromatic rings. The number of nitrogens with zero attached hydrogens (tertiary/aromatic N) is 2. The molecule has 241 valence electrons. The minimum absolute atomic E-state index is 0. The van der Waals surface area contributed by atoms with Crippen molar-refractivity contribution in [3.63, 3.8) is 0 Å². The molecule has 0 bridgehead atoms. The van der Waals surface area contributed by atoms with Crippen LogP contribution in [0.1, 0.15) is 90.3 Å². The molecule has 0 saturated heterocycles. The van der Waals surface area contributed by atoms with E-state index in [1.807, 2.05) is 19.1 Å². The minimum atomic E-state index is -0.192. The average Bonchev–Trinajstić information content (AvgIpc) is 3.51. The third-order valence-electron chi connectivity index (χ3n) is 9.11. The van der Waals surface area contributed by atoms with Gasteiger partial charge in [0.2, 0.25) is 0 Å². The number of aromatic nitrogens is 1. The summed E-state index contributed by atoms with van der Waals surface area (Å²) in [7, 11) is 0. The second kappa shape index (κ2) is 14.1. The van der Waals surface area contributed by atoms with Gasteiger partial charge in [0.15, 0.2) is 5.78 Å². The van der Waals surface area contributed by atoms with E-state index in [4.69, 9.17) is 9.40 Å². The van der Waals surface area contributed by atoms with Crippen LogP contribution in [0.4, 0.5) is 0 Å². The van der Waals surface area contributed by atoms with Gasteiger partial charge in [0.25, 0.3) is 0 Å². The first kappa shape index (κ1) is 33.8. The van der Waals surface area contributed by atoms with Crippen LogP contribution in [0, 0.1) is 12.0 Å². The van der Waals surface area contributed by atoms with Crippen LogP contribution in [0.5, 0.6) is 0 Å². The Hall–Kier alpha value is -3.53. The number of hydrogen-bond acceptors (Lipinski definition) is 3. The zero-order valence-corrected chi connectivity index (χ0v) is 30.3. The van der Waals surface area contributed by atoms with E-state index in [0.717, 1.165) is 45.8 Å². The number of rotatable bonds is 6. The van der Waals surface area contributed by atoms with Gasteiger partial charge in [-0.15, -0.1) is 35.4 Å². The number of benzene rings is 3. The molecule has 3 aromatic carbocycles. The van der Waals surface area contributed by atoms with Gasteiger partial charge in [-0.2, -0.15) is 5.70 Å². The van der Waals surface area contributed by atoms with E-state index < -0.39 is 0 Å². The van der Waals surface area contributed by atoms with Crippen LogP contribution in [0.2, 0.25) is 0 Å². The summed E-state index contributed by atoms with van der Waals surface area (Å²) in [4.78, 5) is 15.8. The topological polar surface area (TPSA) is 57.2 Å². The molecular formula is C41H44IrN2O2-2. The third-order valence-corrected chi connectivity index (χ3v) is 9.11. The Morgan fingerprint density at radius 3 is 2.52 bits per heavy atom. The Morgan fingerprint density at radius 2 is 1.78 bits per heavy atom. The molecule has 2 aliphatic rings. The Bertz CT molecular complexity index is 1890. The van der Waals surface area contributed by atoms with Crippen LogP contribution < -0.4 is 0 Å². The van der Waals surface area contributed by atoms with E-state index >= 15 is 0 Å². The molecule has 1 saturated carbocycles. The van der Waals surface area contributed by atoms with Gasteiger partial charge >= 0.3 is 0 Å². The zero-order chi connectivity index (χ0) is 31.7. The number of furan rings is 1. The van der Waals surface area contributed by atoms with Crippen molar-refractivity contribution in [3.8, 4) is 22.6 Å². The molecule has 2 aromatic heterocycles. The number of fused-ring (bicyclic) bond motifs is 6. The fraction of sp³-hybridized carbons (Fsp3) is 0.366. The van der Waals surface area contributed by atoms with E-state index in [2.05, 4.69) is 93.7 Å². The normalized spacial score (nSPS) is 15.6. The molecule has 2 aliphatic carbocycles.